The number of nitrogens with one attached hydrogen (secondary N) is 1. The molecular weight excluding hydrogens is 324 g/mol. The molecule has 3 aromatic rings. The van der Waals surface area contributed by atoms with Crippen molar-refractivity contribution in [2.24, 2.45) is 7.05 Å². The SMILES string of the molecule is COc1ccc2c(CNCc3cc(=O)c(O)cn3C)cc(=O)oc2c1. The molecule has 7 nitrogen and oxygen atoms in total. The summed E-state index contributed by atoms with van der Waals surface area (Å²) in [5.41, 5.74) is 1.11. The highest BCUT2D eigenvalue weighted by molar-refractivity contribution is 5.81. The Morgan fingerprint density at radius 3 is 2.76 bits per heavy atom. The van der Waals surface area contributed by atoms with Crippen LogP contribution in [0.15, 0.2) is 50.5 Å². The van der Waals surface area contributed by atoms with Gasteiger partial charge in [-0.3, -0.25) is 4.79 Å². The van der Waals surface area contributed by atoms with Gasteiger partial charge in [-0.2, -0.15) is 0 Å². The Labute approximate surface area is 143 Å². The molecule has 2 heterocycles. The summed E-state index contributed by atoms with van der Waals surface area (Å²) in [6.07, 6.45) is 1.37. The van der Waals surface area contributed by atoms with Crippen LogP contribution in [0.5, 0.6) is 11.5 Å². The van der Waals surface area contributed by atoms with E-state index >= 15 is 0 Å². The van der Waals surface area contributed by atoms with E-state index < -0.39 is 11.1 Å². The molecule has 2 aromatic heterocycles. The lowest BCUT2D eigenvalue weighted by atomic mass is 10.1. The zero-order valence-electron chi connectivity index (χ0n) is 13.9. The predicted octanol–water partition coefficient (Wildman–Crippen LogP) is 1.50. The van der Waals surface area contributed by atoms with Gasteiger partial charge in [-0.1, -0.05) is 0 Å². The van der Waals surface area contributed by atoms with E-state index in [1.165, 1.54) is 18.3 Å². The zero-order chi connectivity index (χ0) is 18.0. The number of pyridine rings is 1. The Bertz CT molecular complexity index is 1040. The van der Waals surface area contributed by atoms with Crippen LogP contribution in [0.25, 0.3) is 11.0 Å². The molecular formula is C18H18N2O5. The van der Waals surface area contributed by atoms with Gasteiger partial charge in [-0.25, -0.2) is 4.79 Å². The number of aromatic hydroxyl groups is 1. The minimum absolute atomic E-state index is 0.285. The first kappa shape index (κ1) is 16.8. The third kappa shape index (κ3) is 3.56. The first-order chi connectivity index (χ1) is 12.0. The Hall–Kier alpha value is -3.06. The Kier molecular flexibility index (Phi) is 4.58. The average molecular weight is 342 g/mol. The smallest absolute Gasteiger partial charge is 0.336 e. The van der Waals surface area contributed by atoms with Crippen LogP contribution < -0.4 is 21.1 Å². The van der Waals surface area contributed by atoms with Gasteiger partial charge in [0.15, 0.2) is 5.75 Å². The maximum Gasteiger partial charge on any atom is 0.336 e. The molecule has 7 heteroatoms. The maximum atomic E-state index is 11.8. The highest BCUT2D eigenvalue weighted by Crippen LogP contribution is 2.22. The van der Waals surface area contributed by atoms with E-state index in [1.54, 1.807) is 30.9 Å². The fourth-order valence-corrected chi connectivity index (χ4v) is 2.64. The lowest BCUT2D eigenvalue weighted by Gasteiger charge is -2.11. The van der Waals surface area contributed by atoms with Gasteiger partial charge in [0.25, 0.3) is 0 Å². The van der Waals surface area contributed by atoms with Gasteiger partial charge in [0.05, 0.1) is 7.11 Å². The van der Waals surface area contributed by atoms with Crippen LogP contribution in [0.1, 0.15) is 11.3 Å². The van der Waals surface area contributed by atoms with Crippen LogP contribution in [0.2, 0.25) is 0 Å². The second-order valence-electron chi connectivity index (χ2n) is 5.68. The number of benzene rings is 1. The summed E-state index contributed by atoms with van der Waals surface area (Å²) in [4.78, 5) is 23.3. The van der Waals surface area contributed by atoms with Crippen molar-refractivity contribution in [3.63, 3.8) is 0 Å². The van der Waals surface area contributed by atoms with E-state index in [9.17, 15) is 14.7 Å². The highest BCUT2D eigenvalue weighted by atomic mass is 16.5. The number of rotatable bonds is 5. The molecule has 0 unspecified atom stereocenters. The normalized spacial score (nSPS) is 11.0. The number of hydrogen-bond donors (Lipinski definition) is 2. The lowest BCUT2D eigenvalue weighted by molar-refractivity contribution is 0.414. The van der Waals surface area contributed by atoms with Crippen LogP contribution in [-0.4, -0.2) is 16.8 Å². The van der Waals surface area contributed by atoms with Gasteiger partial charge >= 0.3 is 5.63 Å². The first-order valence-corrected chi connectivity index (χ1v) is 7.68. The first-order valence-electron chi connectivity index (χ1n) is 7.68. The summed E-state index contributed by atoms with van der Waals surface area (Å²) in [7, 11) is 3.29. The second kappa shape index (κ2) is 6.82. The molecule has 0 atom stereocenters. The van der Waals surface area contributed by atoms with E-state index in [1.807, 2.05) is 6.07 Å². The fourth-order valence-electron chi connectivity index (χ4n) is 2.64. The summed E-state index contributed by atoms with van der Waals surface area (Å²) in [5.74, 6) is 0.326. The summed E-state index contributed by atoms with van der Waals surface area (Å²) in [6, 6.07) is 8.13. The van der Waals surface area contributed by atoms with Crippen molar-refractivity contribution in [3.05, 3.63) is 68.4 Å². The van der Waals surface area contributed by atoms with Gasteiger partial charge in [0.1, 0.15) is 11.3 Å². The molecule has 0 bridgehead atoms. The molecule has 0 fully saturated rings. The Morgan fingerprint density at radius 2 is 2.00 bits per heavy atom. The molecule has 0 aliphatic rings. The third-order valence-corrected chi connectivity index (χ3v) is 3.98. The van der Waals surface area contributed by atoms with Crippen molar-refractivity contribution in [2.75, 3.05) is 7.11 Å². The van der Waals surface area contributed by atoms with E-state index in [-0.39, 0.29) is 5.75 Å². The minimum Gasteiger partial charge on any atom is -0.503 e. The van der Waals surface area contributed by atoms with Crippen molar-refractivity contribution in [2.45, 2.75) is 13.1 Å². The average Bonchev–Trinajstić information content (AvgIpc) is 2.58. The number of fused-ring (bicyclic) bond motifs is 1. The van der Waals surface area contributed by atoms with Crippen LogP contribution in [0.3, 0.4) is 0 Å². The molecule has 2 N–H and O–H groups in total. The van der Waals surface area contributed by atoms with Gasteiger partial charge < -0.3 is 24.1 Å². The molecule has 0 spiro atoms. The molecule has 0 radical (unpaired) electrons. The molecule has 0 aliphatic carbocycles. The highest BCUT2D eigenvalue weighted by Gasteiger charge is 2.08. The van der Waals surface area contributed by atoms with Crippen LogP contribution in [0, 0.1) is 0 Å². The van der Waals surface area contributed by atoms with E-state index in [0.29, 0.717) is 24.4 Å². The number of nitrogens with zero attached hydrogens (tertiary/aromatic N) is 1. The van der Waals surface area contributed by atoms with E-state index in [2.05, 4.69) is 5.32 Å². The number of hydrogen-bond acceptors (Lipinski definition) is 6. The van der Waals surface area contributed by atoms with Gasteiger partial charge in [0.2, 0.25) is 5.43 Å². The van der Waals surface area contributed by atoms with Crippen LogP contribution >= 0.6 is 0 Å². The van der Waals surface area contributed by atoms with Gasteiger partial charge in [-0.15, -0.1) is 0 Å². The van der Waals surface area contributed by atoms with Crippen molar-refractivity contribution >= 4 is 11.0 Å². The summed E-state index contributed by atoms with van der Waals surface area (Å²) < 4.78 is 12.0. The summed E-state index contributed by atoms with van der Waals surface area (Å²) in [5, 5.41) is 13.4. The molecule has 1 aromatic carbocycles. The molecule has 0 amide bonds. The summed E-state index contributed by atoms with van der Waals surface area (Å²) in [6.45, 7) is 0.827. The number of aryl methyl sites for hydroxylation is 1. The maximum absolute atomic E-state index is 11.8. The molecule has 3 rings (SSSR count). The monoisotopic (exact) mass is 342 g/mol. The second-order valence-corrected chi connectivity index (χ2v) is 5.68. The summed E-state index contributed by atoms with van der Waals surface area (Å²) >= 11 is 0. The molecule has 25 heavy (non-hydrogen) atoms. The number of ether oxygens (including phenoxy) is 1. The number of methoxy groups -OCH3 is 1. The van der Waals surface area contributed by atoms with Gasteiger partial charge in [-0.05, 0) is 17.7 Å². The molecule has 0 aliphatic heterocycles. The van der Waals surface area contributed by atoms with Gasteiger partial charge in [0, 0.05) is 55.6 Å². The Morgan fingerprint density at radius 1 is 1.20 bits per heavy atom. The van der Waals surface area contributed by atoms with Crippen LogP contribution in [0.4, 0.5) is 0 Å². The minimum atomic E-state index is -0.436. The molecule has 0 saturated heterocycles. The van der Waals surface area contributed by atoms with Crippen molar-refractivity contribution in [1.29, 1.82) is 0 Å². The van der Waals surface area contributed by atoms with Crippen molar-refractivity contribution in [3.8, 4) is 11.5 Å². The third-order valence-electron chi connectivity index (χ3n) is 3.98. The lowest BCUT2D eigenvalue weighted by Crippen LogP contribution is -2.19. The van der Waals surface area contributed by atoms with E-state index in [4.69, 9.17) is 9.15 Å². The topological polar surface area (TPSA) is 93.7 Å². The molecule has 0 saturated carbocycles. The quantitative estimate of drug-likeness (QED) is 0.683. The largest absolute Gasteiger partial charge is 0.503 e. The Balaban J connectivity index is 1.83. The molecule has 130 valence electrons. The number of aromatic nitrogens is 1. The van der Waals surface area contributed by atoms with E-state index in [0.717, 1.165) is 16.6 Å². The van der Waals surface area contributed by atoms with Crippen molar-refractivity contribution < 1.29 is 14.3 Å². The fraction of sp³-hybridized carbons (Fsp3) is 0.222. The van der Waals surface area contributed by atoms with Crippen LogP contribution in [-0.2, 0) is 20.1 Å². The van der Waals surface area contributed by atoms with Crippen molar-refractivity contribution in [1.82, 2.24) is 9.88 Å². The standard InChI is InChI=1S/C18H18N2O5/c1-20-10-16(22)15(21)6-12(20)9-19-8-11-5-18(23)25-17-7-13(24-2)3-4-14(11)17/h3-7,10,19,22H,8-9H2,1-2H3. The predicted molar refractivity (Wildman–Crippen MR) is 92.9 cm³/mol. The zero-order valence-corrected chi connectivity index (χ0v) is 13.9.